The summed E-state index contributed by atoms with van der Waals surface area (Å²) >= 11 is 5.85. The molecule has 0 saturated carbocycles. The summed E-state index contributed by atoms with van der Waals surface area (Å²) in [5.41, 5.74) is 2.53. The Kier molecular flexibility index (Phi) is 6.67. The van der Waals surface area contributed by atoms with Gasteiger partial charge in [0.2, 0.25) is 0 Å². The van der Waals surface area contributed by atoms with Crippen LogP contribution < -0.4 is 10.1 Å². The molecular formula is C19H22ClNO3. The Morgan fingerprint density at radius 1 is 1.29 bits per heavy atom. The third-order valence-corrected chi connectivity index (χ3v) is 3.97. The Balaban J connectivity index is 1.99. The van der Waals surface area contributed by atoms with Crippen molar-refractivity contribution in [2.75, 3.05) is 13.7 Å². The van der Waals surface area contributed by atoms with Crippen molar-refractivity contribution in [2.24, 2.45) is 0 Å². The first-order chi connectivity index (χ1) is 11.5. The number of ether oxygens (including phenoxy) is 1. The highest BCUT2D eigenvalue weighted by atomic mass is 35.5. The summed E-state index contributed by atoms with van der Waals surface area (Å²) in [5.74, 6) is 0.576. The normalized spacial score (nSPS) is 12.0. The van der Waals surface area contributed by atoms with Crippen LogP contribution in [0.2, 0.25) is 5.02 Å². The molecule has 0 heterocycles. The van der Waals surface area contributed by atoms with Crippen molar-refractivity contribution in [3.63, 3.8) is 0 Å². The molecule has 2 aromatic rings. The summed E-state index contributed by atoms with van der Waals surface area (Å²) in [6.07, 6.45) is 1.67. The summed E-state index contributed by atoms with van der Waals surface area (Å²) < 4.78 is 5.21. The molecule has 0 fully saturated rings. The fraction of sp³-hybridized carbons (Fsp3) is 0.263. The number of phenolic OH excluding ortho intramolecular Hbond substituents is 1. The number of nitrogens with one attached hydrogen (secondary N) is 1. The summed E-state index contributed by atoms with van der Waals surface area (Å²) in [5, 5.41) is 24.1. The average Bonchev–Trinajstić information content (AvgIpc) is 2.58. The van der Waals surface area contributed by atoms with Gasteiger partial charge in [-0.15, -0.1) is 6.58 Å². The van der Waals surface area contributed by atoms with E-state index in [0.29, 0.717) is 30.3 Å². The Labute approximate surface area is 147 Å². The van der Waals surface area contributed by atoms with Gasteiger partial charge in [-0.25, -0.2) is 0 Å². The van der Waals surface area contributed by atoms with Crippen LogP contribution in [0.3, 0.4) is 0 Å². The van der Waals surface area contributed by atoms with E-state index >= 15 is 0 Å². The zero-order valence-electron chi connectivity index (χ0n) is 13.6. The molecule has 24 heavy (non-hydrogen) atoms. The molecule has 4 nitrogen and oxygen atoms in total. The molecule has 0 radical (unpaired) electrons. The highest BCUT2D eigenvalue weighted by Crippen LogP contribution is 2.32. The zero-order valence-corrected chi connectivity index (χ0v) is 14.4. The molecular weight excluding hydrogens is 326 g/mol. The largest absolute Gasteiger partial charge is 0.504 e. The molecule has 0 amide bonds. The van der Waals surface area contributed by atoms with Crippen LogP contribution in [-0.2, 0) is 13.0 Å². The number of halogens is 1. The number of methoxy groups -OCH3 is 1. The van der Waals surface area contributed by atoms with Crippen molar-refractivity contribution in [1.82, 2.24) is 5.32 Å². The van der Waals surface area contributed by atoms with Crippen molar-refractivity contribution >= 4 is 11.6 Å². The van der Waals surface area contributed by atoms with E-state index in [-0.39, 0.29) is 5.75 Å². The lowest BCUT2D eigenvalue weighted by Crippen LogP contribution is -2.21. The molecule has 1 unspecified atom stereocenters. The lowest BCUT2D eigenvalue weighted by Gasteiger charge is -2.14. The van der Waals surface area contributed by atoms with Crippen LogP contribution in [0.4, 0.5) is 0 Å². The number of hydrogen-bond acceptors (Lipinski definition) is 4. The minimum absolute atomic E-state index is 0.141. The van der Waals surface area contributed by atoms with Crippen LogP contribution >= 0.6 is 11.6 Å². The molecule has 1 atom stereocenters. The number of hydrogen-bond donors (Lipinski definition) is 3. The molecule has 3 N–H and O–H groups in total. The molecule has 0 bridgehead atoms. The van der Waals surface area contributed by atoms with Gasteiger partial charge in [0, 0.05) is 23.7 Å². The minimum Gasteiger partial charge on any atom is -0.504 e. The maximum atomic E-state index is 10.2. The predicted molar refractivity (Wildman–Crippen MR) is 96.7 cm³/mol. The van der Waals surface area contributed by atoms with Gasteiger partial charge in [0.1, 0.15) is 0 Å². The van der Waals surface area contributed by atoms with Crippen LogP contribution in [0.5, 0.6) is 11.5 Å². The second-order valence-corrected chi connectivity index (χ2v) is 5.93. The highest BCUT2D eigenvalue weighted by Gasteiger charge is 2.11. The quantitative estimate of drug-likeness (QED) is 0.638. The molecule has 0 aliphatic rings. The third kappa shape index (κ3) is 4.74. The standard InChI is InChI=1S/C19H22ClNO3/c1-3-4-15-9-13(10-18(24-2)19(15)23)11-21-12-17(22)14-5-7-16(20)8-6-14/h3,5-10,17,21-23H,1,4,11-12H2,2H3. The first kappa shape index (κ1) is 18.3. The Morgan fingerprint density at radius 2 is 2.00 bits per heavy atom. The number of phenols is 1. The zero-order chi connectivity index (χ0) is 17.5. The highest BCUT2D eigenvalue weighted by molar-refractivity contribution is 6.30. The SMILES string of the molecule is C=CCc1cc(CNCC(O)c2ccc(Cl)cc2)cc(OC)c1O. The molecule has 2 aromatic carbocycles. The van der Waals surface area contributed by atoms with Gasteiger partial charge in [0.25, 0.3) is 0 Å². The van der Waals surface area contributed by atoms with Crippen LogP contribution in [0.25, 0.3) is 0 Å². The van der Waals surface area contributed by atoms with Crippen molar-refractivity contribution in [1.29, 1.82) is 0 Å². The molecule has 0 spiro atoms. The molecule has 0 aromatic heterocycles. The van der Waals surface area contributed by atoms with Gasteiger partial charge >= 0.3 is 0 Å². The summed E-state index contributed by atoms with van der Waals surface area (Å²) in [4.78, 5) is 0. The van der Waals surface area contributed by atoms with Crippen molar-refractivity contribution < 1.29 is 14.9 Å². The van der Waals surface area contributed by atoms with E-state index in [1.165, 1.54) is 7.11 Å². The van der Waals surface area contributed by atoms with Gasteiger partial charge in [0.05, 0.1) is 13.2 Å². The Morgan fingerprint density at radius 3 is 2.62 bits per heavy atom. The van der Waals surface area contributed by atoms with Crippen molar-refractivity contribution in [3.05, 3.63) is 70.8 Å². The lowest BCUT2D eigenvalue weighted by molar-refractivity contribution is 0.174. The fourth-order valence-electron chi connectivity index (χ4n) is 2.45. The predicted octanol–water partition coefficient (Wildman–Crippen LogP) is 3.61. The van der Waals surface area contributed by atoms with Crippen LogP contribution in [0.15, 0.2) is 49.1 Å². The molecule has 0 aliphatic carbocycles. The van der Waals surface area contributed by atoms with Crippen molar-refractivity contribution in [3.8, 4) is 11.5 Å². The average molecular weight is 348 g/mol. The van der Waals surface area contributed by atoms with E-state index in [1.54, 1.807) is 36.4 Å². The van der Waals surface area contributed by atoms with Gasteiger partial charge in [-0.1, -0.05) is 35.9 Å². The fourth-order valence-corrected chi connectivity index (χ4v) is 2.58. The number of aliphatic hydroxyl groups is 1. The van der Waals surface area contributed by atoms with Gasteiger partial charge in [-0.2, -0.15) is 0 Å². The van der Waals surface area contributed by atoms with Crippen LogP contribution in [-0.4, -0.2) is 23.9 Å². The summed E-state index contributed by atoms with van der Waals surface area (Å²) in [6.45, 7) is 4.65. The van der Waals surface area contributed by atoms with Gasteiger partial charge in [-0.3, -0.25) is 0 Å². The van der Waals surface area contributed by atoms with Gasteiger partial charge in [0.15, 0.2) is 11.5 Å². The Hall–Kier alpha value is -2.01. The second kappa shape index (κ2) is 8.73. The molecule has 5 heteroatoms. The van der Waals surface area contributed by atoms with E-state index in [4.69, 9.17) is 16.3 Å². The topological polar surface area (TPSA) is 61.7 Å². The number of aromatic hydroxyl groups is 1. The lowest BCUT2D eigenvalue weighted by atomic mass is 10.1. The molecule has 128 valence electrons. The van der Waals surface area contributed by atoms with E-state index < -0.39 is 6.10 Å². The van der Waals surface area contributed by atoms with E-state index in [0.717, 1.165) is 16.7 Å². The third-order valence-electron chi connectivity index (χ3n) is 3.72. The van der Waals surface area contributed by atoms with Gasteiger partial charge in [-0.05, 0) is 35.7 Å². The molecule has 0 aliphatic heterocycles. The summed E-state index contributed by atoms with van der Waals surface area (Å²) in [6, 6.07) is 10.8. The van der Waals surface area contributed by atoms with E-state index in [1.807, 2.05) is 6.07 Å². The first-order valence-electron chi connectivity index (χ1n) is 7.69. The number of allylic oxidation sites excluding steroid dienone is 1. The van der Waals surface area contributed by atoms with Gasteiger partial charge < -0.3 is 20.3 Å². The number of rotatable bonds is 8. The monoisotopic (exact) mass is 347 g/mol. The van der Waals surface area contributed by atoms with Crippen LogP contribution in [0.1, 0.15) is 22.8 Å². The maximum absolute atomic E-state index is 10.2. The number of aliphatic hydroxyl groups excluding tert-OH is 1. The smallest absolute Gasteiger partial charge is 0.161 e. The second-order valence-electron chi connectivity index (χ2n) is 5.50. The first-order valence-corrected chi connectivity index (χ1v) is 8.06. The van der Waals surface area contributed by atoms with E-state index in [9.17, 15) is 10.2 Å². The van der Waals surface area contributed by atoms with Crippen LogP contribution in [0, 0.1) is 0 Å². The minimum atomic E-state index is -0.617. The molecule has 0 saturated heterocycles. The maximum Gasteiger partial charge on any atom is 0.161 e. The van der Waals surface area contributed by atoms with E-state index in [2.05, 4.69) is 11.9 Å². The summed E-state index contributed by atoms with van der Waals surface area (Å²) in [7, 11) is 1.52. The van der Waals surface area contributed by atoms with Crippen molar-refractivity contribution in [2.45, 2.75) is 19.1 Å². The number of benzene rings is 2. The molecule has 2 rings (SSSR count). The Bertz CT molecular complexity index is 686.